The topological polar surface area (TPSA) is 454 Å². The molecular formula is C58H80N18O14. The first-order chi connectivity index (χ1) is 43.5. The maximum atomic E-state index is 12.9. The minimum atomic E-state index is -1.31. The van der Waals surface area contributed by atoms with Crippen molar-refractivity contribution < 1.29 is 57.9 Å². The van der Waals surface area contributed by atoms with Gasteiger partial charge in [-0.05, 0) is 87.3 Å². The number of nitrogens with two attached hydrogens (primary N) is 2. The number of anilines is 4. The van der Waals surface area contributed by atoms with Crippen LogP contribution in [0.2, 0.25) is 0 Å². The smallest absolute Gasteiger partial charge is 0.326 e. The molecule has 0 aliphatic rings. The number of aromatic nitrogens is 8. The Morgan fingerprint density at radius 1 is 0.522 bits per heavy atom. The molecule has 0 bridgehead atoms. The molecule has 0 fully saturated rings. The molecule has 0 radical (unpaired) electrons. The van der Waals surface area contributed by atoms with E-state index in [0.717, 1.165) is 39.0 Å². The minimum Gasteiger partial charge on any atom is -0.480 e. The van der Waals surface area contributed by atoms with Gasteiger partial charge in [0.15, 0.2) is 22.3 Å². The third kappa shape index (κ3) is 24.3. The molecule has 2 unspecified atom stereocenters. The number of H-pyrrole nitrogens is 2. The predicted molar refractivity (Wildman–Crippen MR) is 331 cm³/mol. The van der Waals surface area contributed by atoms with Crippen LogP contribution >= 0.6 is 0 Å². The van der Waals surface area contributed by atoms with Crippen LogP contribution in [0.4, 0.5) is 23.3 Å². The zero-order valence-corrected chi connectivity index (χ0v) is 50.4. The number of carboxylic acids is 2. The molecule has 32 heteroatoms. The van der Waals surface area contributed by atoms with Crippen LogP contribution in [-0.4, -0.2) is 213 Å². The number of nitrogens with one attached hydrogen (secondary N) is 8. The number of hydrogen-bond acceptors (Lipinski definition) is 24. The summed E-state index contributed by atoms with van der Waals surface area (Å²) in [4.78, 5) is 134. The quantitative estimate of drug-likeness (QED) is 0.0232. The maximum absolute atomic E-state index is 12.9. The number of carboxylic acid groups (broad SMARTS) is 2. The van der Waals surface area contributed by atoms with Gasteiger partial charge in [-0.2, -0.15) is 9.97 Å². The summed E-state index contributed by atoms with van der Waals surface area (Å²) in [7, 11) is 0. The van der Waals surface area contributed by atoms with Crippen molar-refractivity contribution in [1.82, 2.24) is 70.9 Å². The van der Waals surface area contributed by atoms with Crippen molar-refractivity contribution in [2.75, 3.05) is 127 Å². The second-order valence-corrected chi connectivity index (χ2v) is 20.5. The summed E-state index contributed by atoms with van der Waals surface area (Å²) >= 11 is 0. The van der Waals surface area contributed by atoms with Gasteiger partial charge in [0.25, 0.3) is 22.9 Å². The minimum absolute atomic E-state index is 0.0405. The fourth-order valence-electron chi connectivity index (χ4n) is 8.84. The van der Waals surface area contributed by atoms with Gasteiger partial charge in [0.2, 0.25) is 23.7 Å². The van der Waals surface area contributed by atoms with Crippen molar-refractivity contribution >= 4 is 81.2 Å². The maximum Gasteiger partial charge on any atom is 0.326 e. The first-order valence-corrected chi connectivity index (χ1v) is 29.6. The zero-order valence-electron chi connectivity index (χ0n) is 50.4. The summed E-state index contributed by atoms with van der Waals surface area (Å²) in [5.41, 5.74) is 13.0. The highest BCUT2D eigenvalue weighted by Gasteiger charge is 2.24. The molecule has 4 aromatic heterocycles. The molecule has 0 spiro atoms. The Morgan fingerprint density at radius 2 is 0.900 bits per heavy atom. The number of nitrogen functional groups attached to an aromatic ring is 2. The summed E-state index contributed by atoms with van der Waals surface area (Å²) < 4.78 is 23.0. The molecule has 14 N–H and O–H groups in total. The van der Waals surface area contributed by atoms with E-state index < -0.39 is 58.8 Å². The Hall–Kier alpha value is -9.34. The van der Waals surface area contributed by atoms with E-state index in [2.05, 4.69) is 95.4 Å². The largest absolute Gasteiger partial charge is 0.480 e. The molecule has 0 aliphatic heterocycles. The van der Waals surface area contributed by atoms with Gasteiger partial charge in [0, 0.05) is 74.6 Å². The Bertz CT molecular complexity index is 3190. The van der Waals surface area contributed by atoms with Gasteiger partial charge < -0.3 is 77.4 Å². The van der Waals surface area contributed by atoms with Crippen LogP contribution in [0.5, 0.6) is 0 Å². The molecular weight excluding hydrogens is 1170 g/mol. The molecule has 6 aromatic rings. The lowest BCUT2D eigenvalue weighted by Gasteiger charge is -2.27. The van der Waals surface area contributed by atoms with E-state index in [0.29, 0.717) is 75.5 Å². The first-order valence-electron chi connectivity index (χ1n) is 29.6. The molecule has 90 heavy (non-hydrogen) atoms. The molecule has 2 atom stereocenters. The average molecular weight is 1250 g/mol. The summed E-state index contributed by atoms with van der Waals surface area (Å²) in [6.45, 7) is 12.7. The number of amides is 4. The highest BCUT2D eigenvalue weighted by atomic mass is 16.5. The van der Waals surface area contributed by atoms with Crippen LogP contribution in [0.25, 0.3) is 22.3 Å². The first kappa shape index (κ1) is 69.8. The number of nitrogens with zero attached hydrogens (tertiary/aromatic N) is 8. The standard InChI is InChI=1S/C58H80N18O14/c1-3-19-75(20-4-2)21-22-76(23-27-89-31-29-87-25-17-61-45(77)15-13-43(55(83)84)69-51(79)37-5-9-39(10-6-37)63-33-41-35-65-49-47(67-41)53(81)73-57(59)71-49)24-28-90-32-30-88-26-18-62-46(78)16-14-44(56(85)86)70-52(80)38-7-11-40(12-8-38)64-34-42-36-66-50-48(68-42)54(82)74-58(60)72-50/h5-12,35-36,43-44,63-64H,3-4,13-34H2,1-2H3,(H,61,77)(H,62,78)(H,69,79)(H,70,80)(H,83,84)(H,85,86)(H3,59,65,71,73,81)(H3,60,66,72,74,82). The van der Waals surface area contributed by atoms with Crippen LogP contribution in [0.15, 0.2) is 70.5 Å². The molecule has 0 saturated carbocycles. The van der Waals surface area contributed by atoms with Crippen molar-refractivity contribution in [2.45, 2.75) is 77.5 Å². The Labute approximate surface area is 517 Å². The van der Waals surface area contributed by atoms with E-state index in [1.165, 1.54) is 36.7 Å². The number of fused-ring (bicyclic) bond motifs is 2. The van der Waals surface area contributed by atoms with Crippen molar-refractivity contribution in [1.29, 1.82) is 0 Å². The van der Waals surface area contributed by atoms with E-state index in [1.807, 2.05) is 0 Å². The van der Waals surface area contributed by atoms with Crippen LogP contribution < -0.4 is 54.5 Å². The Kier molecular flexibility index (Phi) is 29.1. The van der Waals surface area contributed by atoms with E-state index in [9.17, 15) is 48.6 Å². The van der Waals surface area contributed by atoms with Gasteiger partial charge >= 0.3 is 11.9 Å². The van der Waals surface area contributed by atoms with Gasteiger partial charge in [-0.3, -0.25) is 43.6 Å². The summed E-state index contributed by atoms with van der Waals surface area (Å²) in [5, 5.41) is 36.1. The molecule has 0 saturated heterocycles. The van der Waals surface area contributed by atoms with Gasteiger partial charge in [0.05, 0.1) is 89.7 Å². The van der Waals surface area contributed by atoms with Gasteiger partial charge in [-0.1, -0.05) is 13.8 Å². The predicted octanol–water partition coefficient (Wildman–Crippen LogP) is 0.478. The Balaban J connectivity index is 0.780. The second kappa shape index (κ2) is 37.5. The molecule has 486 valence electrons. The SMILES string of the molecule is CCCN(CCC)CCN(CCOCCOCCNC(=O)CCC(NC(=O)c1ccc(NCc2cnc3nc(N)[nH]c(=O)c3n2)cc1)C(=O)O)CCOCCOCCNC(=O)CCC(NC(=O)c1ccc(NCc2cnc3nc(N)[nH]c(=O)c3n2)cc1)C(=O)O. The van der Waals surface area contributed by atoms with E-state index in [1.54, 1.807) is 24.3 Å². The fraction of sp³-hybridized carbons (Fsp3) is 0.483. The summed E-state index contributed by atoms with van der Waals surface area (Å²) in [5.74, 6) is -4.75. The van der Waals surface area contributed by atoms with Gasteiger partial charge in [0.1, 0.15) is 12.1 Å². The van der Waals surface area contributed by atoms with Gasteiger partial charge in [-0.15, -0.1) is 0 Å². The number of carbonyl (C=O) groups is 6. The molecule has 4 heterocycles. The number of ether oxygens (including phenoxy) is 4. The molecule has 6 rings (SSSR count). The normalized spacial score (nSPS) is 12.0. The van der Waals surface area contributed by atoms with Crippen molar-refractivity contribution in [3.63, 3.8) is 0 Å². The highest BCUT2D eigenvalue weighted by Crippen LogP contribution is 2.15. The lowest BCUT2D eigenvalue weighted by molar-refractivity contribution is -0.140. The van der Waals surface area contributed by atoms with Crippen LogP contribution in [0, 0.1) is 0 Å². The van der Waals surface area contributed by atoms with Crippen LogP contribution in [0.1, 0.15) is 84.5 Å². The van der Waals surface area contributed by atoms with Crippen LogP contribution in [-0.2, 0) is 51.2 Å². The average Bonchev–Trinajstić information content (AvgIpc) is 1.49. The lowest BCUT2D eigenvalue weighted by Crippen LogP contribution is -2.41. The molecule has 0 aliphatic carbocycles. The third-order valence-corrected chi connectivity index (χ3v) is 13.5. The monoisotopic (exact) mass is 1250 g/mol. The van der Waals surface area contributed by atoms with Crippen molar-refractivity contribution in [2.24, 2.45) is 0 Å². The number of aliphatic carboxylic acids is 2. The lowest BCUT2D eigenvalue weighted by atomic mass is 10.1. The molecule has 2 aromatic carbocycles. The number of rotatable bonds is 43. The summed E-state index contributed by atoms with van der Waals surface area (Å²) in [6, 6.07) is 9.93. The number of benzene rings is 2. The number of hydrogen-bond donors (Lipinski definition) is 12. The van der Waals surface area contributed by atoms with E-state index >= 15 is 0 Å². The van der Waals surface area contributed by atoms with E-state index in [-0.39, 0.29) is 110 Å². The number of carbonyl (C=O) groups excluding carboxylic acids is 4. The summed E-state index contributed by atoms with van der Waals surface area (Å²) in [6.07, 6.45) is 4.44. The second-order valence-electron chi connectivity index (χ2n) is 20.5. The third-order valence-electron chi connectivity index (χ3n) is 13.5. The Morgan fingerprint density at radius 3 is 1.28 bits per heavy atom. The van der Waals surface area contributed by atoms with Crippen molar-refractivity contribution in [3.05, 3.63) is 104 Å². The number of aromatic amines is 2. The highest BCUT2D eigenvalue weighted by molar-refractivity contribution is 5.98. The zero-order chi connectivity index (χ0) is 64.6. The molecule has 32 nitrogen and oxygen atoms in total. The molecule has 4 amide bonds. The van der Waals surface area contributed by atoms with Gasteiger partial charge in [-0.25, -0.2) is 29.5 Å². The van der Waals surface area contributed by atoms with Crippen molar-refractivity contribution in [3.8, 4) is 0 Å². The fourth-order valence-corrected chi connectivity index (χ4v) is 8.84. The van der Waals surface area contributed by atoms with Crippen LogP contribution in [0.3, 0.4) is 0 Å². The van der Waals surface area contributed by atoms with E-state index in [4.69, 9.17) is 30.4 Å².